The Balaban J connectivity index is 2.18. The van der Waals surface area contributed by atoms with E-state index in [9.17, 15) is 4.39 Å². The van der Waals surface area contributed by atoms with Gasteiger partial charge >= 0.3 is 0 Å². The molecule has 2 N–H and O–H groups in total. The maximum Gasteiger partial charge on any atom is 0.123 e. The number of aromatic nitrogens is 2. The maximum absolute atomic E-state index is 13.1. The molecule has 0 radical (unpaired) electrons. The second-order valence-corrected chi connectivity index (χ2v) is 4.37. The van der Waals surface area contributed by atoms with E-state index in [1.165, 1.54) is 18.2 Å². The van der Waals surface area contributed by atoms with E-state index in [-0.39, 0.29) is 11.9 Å². The average Bonchev–Trinajstić information content (AvgIpc) is 2.70. The number of hydrogen-bond acceptors (Lipinski definition) is 2. The predicted octanol–water partition coefficient (Wildman–Crippen LogP) is 2.46. The Morgan fingerprint density at radius 2 is 2.24 bits per heavy atom. The van der Waals surface area contributed by atoms with Crippen LogP contribution in [0.5, 0.6) is 0 Å². The van der Waals surface area contributed by atoms with Crippen molar-refractivity contribution in [3.05, 3.63) is 52.6 Å². The van der Waals surface area contributed by atoms with Crippen LogP contribution in [0.2, 0.25) is 5.02 Å². The number of nitrogens with two attached hydrogens (primary N) is 1. The topological polar surface area (TPSA) is 43.8 Å². The zero-order valence-electron chi connectivity index (χ0n) is 9.40. The monoisotopic (exact) mass is 253 g/mol. The lowest BCUT2D eigenvalue weighted by Gasteiger charge is -2.10. The summed E-state index contributed by atoms with van der Waals surface area (Å²) in [6.45, 7) is 0. The number of hydrogen-bond donors (Lipinski definition) is 1. The molecule has 0 bridgehead atoms. The van der Waals surface area contributed by atoms with E-state index >= 15 is 0 Å². The van der Waals surface area contributed by atoms with Crippen LogP contribution in [0.15, 0.2) is 30.5 Å². The Hall–Kier alpha value is -1.39. The van der Waals surface area contributed by atoms with E-state index in [2.05, 4.69) is 5.10 Å². The summed E-state index contributed by atoms with van der Waals surface area (Å²) in [5, 5.41) is 4.74. The van der Waals surface area contributed by atoms with Crippen molar-refractivity contribution in [2.24, 2.45) is 12.8 Å². The van der Waals surface area contributed by atoms with Crippen LogP contribution < -0.4 is 5.73 Å². The van der Waals surface area contributed by atoms with Crippen LogP contribution in [0, 0.1) is 5.82 Å². The fraction of sp³-hybridized carbons (Fsp3) is 0.250. The van der Waals surface area contributed by atoms with E-state index in [1.807, 2.05) is 19.3 Å². The minimum Gasteiger partial charge on any atom is -0.322 e. The van der Waals surface area contributed by atoms with E-state index in [0.29, 0.717) is 17.0 Å². The molecule has 0 fully saturated rings. The molecule has 90 valence electrons. The van der Waals surface area contributed by atoms with Gasteiger partial charge in [0.15, 0.2) is 0 Å². The van der Waals surface area contributed by atoms with Crippen LogP contribution in [0.1, 0.15) is 17.3 Å². The second-order valence-electron chi connectivity index (χ2n) is 3.96. The Bertz CT molecular complexity index is 524. The third kappa shape index (κ3) is 2.84. The van der Waals surface area contributed by atoms with Crippen LogP contribution in [0.3, 0.4) is 0 Å². The molecule has 0 saturated carbocycles. The highest BCUT2D eigenvalue weighted by Gasteiger charge is 2.12. The van der Waals surface area contributed by atoms with Crippen LogP contribution in [0.4, 0.5) is 4.39 Å². The summed E-state index contributed by atoms with van der Waals surface area (Å²) >= 11 is 5.99. The Morgan fingerprint density at radius 1 is 1.47 bits per heavy atom. The lowest BCUT2D eigenvalue weighted by molar-refractivity contribution is 0.618. The summed E-state index contributed by atoms with van der Waals surface area (Å²) in [7, 11) is 1.82. The van der Waals surface area contributed by atoms with Gasteiger partial charge in [0.25, 0.3) is 0 Å². The van der Waals surface area contributed by atoms with Gasteiger partial charge in [-0.1, -0.05) is 11.6 Å². The molecule has 2 aromatic rings. The first-order valence-electron chi connectivity index (χ1n) is 5.25. The number of aryl methyl sites for hydroxylation is 1. The quantitative estimate of drug-likeness (QED) is 0.913. The van der Waals surface area contributed by atoms with Crippen molar-refractivity contribution < 1.29 is 4.39 Å². The van der Waals surface area contributed by atoms with Gasteiger partial charge in [-0.15, -0.1) is 0 Å². The van der Waals surface area contributed by atoms with Gasteiger partial charge in [0.05, 0.1) is 11.7 Å². The van der Waals surface area contributed by atoms with Gasteiger partial charge in [-0.05, 0) is 36.2 Å². The van der Waals surface area contributed by atoms with E-state index in [1.54, 1.807) is 4.68 Å². The molecular formula is C12H13ClFN3. The number of halogens is 2. The van der Waals surface area contributed by atoms with Gasteiger partial charge in [-0.3, -0.25) is 4.68 Å². The summed E-state index contributed by atoms with van der Waals surface area (Å²) in [5.41, 5.74) is 7.47. The molecule has 0 aliphatic heterocycles. The Labute approximate surface area is 104 Å². The number of rotatable bonds is 3. The zero-order chi connectivity index (χ0) is 12.4. The second kappa shape index (κ2) is 4.85. The van der Waals surface area contributed by atoms with Gasteiger partial charge in [0, 0.05) is 18.3 Å². The van der Waals surface area contributed by atoms with Gasteiger partial charge in [0.1, 0.15) is 5.82 Å². The summed E-state index contributed by atoms with van der Waals surface area (Å²) in [6.07, 6.45) is 2.29. The number of nitrogens with zero attached hydrogens (tertiary/aromatic N) is 2. The fourth-order valence-corrected chi connectivity index (χ4v) is 1.87. The van der Waals surface area contributed by atoms with Crippen molar-refractivity contribution in [3.63, 3.8) is 0 Å². The van der Waals surface area contributed by atoms with Gasteiger partial charge in [0.2, 0.25) is 0 Å². The summed E-state index contributed by atoms with van der Waals surface area (Å²) in [4.78, 5) is 0. The molecule has 0 aliphatic carbocycles. The van der Waals surface area contributed by atoms with Crippen LogP contribution in [-0.2, 0) is 13.5 Å². The summed E-state index contributed by atoms with van der Waals surface area (Å²) < 4.78 is 14.8. The van der Waals surface area contributed by atoms with Gasteiger partial charge in [-0.25, -0.2) is 4.39 Å². The van der Waals surface area contributed by atoms with E-state index in [0.717, 1.165) is 5.69 Å². The van der Waals surface area contributed by atoms with E-state index < -0.39 is 0 Å². The summed E-state index contributed by atoms with van der Waals surface area (Å²) in [6, 6.07) is 5.84. The van der Waals surface area contributed by atoms with Gasteiger partial charge < -0.3 is 5.73 Å². The third-order valence-electron chi connectivity index (χ3n) is 2.56. The first-order valence-corrected chi connectivity index (χ1v) is 5.63. The molecular weight excluding hydrogens is 241 g/mol. The highest BCUT2D eigenvalue weighted by molar-refractivity contribution is 6.31. The van der Waals surface area contributed by atoms with E-state index in [4.69, 9.17) is 17.3 Å². The molecule has 1 heterocycles. The van der Waals surface area contributed by atoms with Crippen molar-refractivity contribution in [3.8, 4) is 0 Å². The first kappa shape index (κ1) is 12.1. The molecule has 0 spiro atoms. The number of benzene rings is 1. The molecule has 1 aromatic heterocycles. The zero-order valence-corrected chi connectivity index (χ0v) is 10.2. The van der Waals surface area contributed by atoms with Crippen molar-refractivity contribution in [2.75, 3.05) is 0 Å². The van der Waals surface area contributed by atoms with Gasteiger partial charge in [-0.2, -0.15) is 5.10 Å². The molecule has 0 amide bonds. The first-order chi connectivity index (χ1) is 8.06. The SMILES string of the molecule is Cn1ccc(C(N)Cc2cc(F)ccc2Cl)n1. The third-order valence-corrected chi connectivity index (χ3v) is 2.93. The standard InChI is InChI=1S/C12H13ClFN3/c1-17-5-4-12(16-17)11(15)7-8-6-9(14)2-3-10(8)13/h2-6,11H,7,15H2,1H3. The van der Waals surface area contributed by atoms with Crippen LogP contribution in [0.25, 0.3) is 0 Å². The fourth-order valence-electron chi connectivity index (χ4n) is 1.67. The largest absolute Gasteiger partial charge is 0.322 e. The maximum atomic E-state index is 13.1. The van der Waals surface area contributed by atoms with Crippen molar-refractivity contribution in [1.82, 2.24) is 9.78 Å². The average molecular weight is 254 g/mol. The molecule has 1 atom stereocenters. The molecule has 1 aromatic carbocycles. The normalized spacial score (nSPS) is 12.7. The Kier molecular flexibility index (Phi) is 3.45. The molecule has 1 unspecified atom stereocenters. The molecule has 3 nitrogen and oxygen atoms in total. The Morgan fingerprint density at radius 3 is 2.88 bits per heavy atom. The minimum atomic E-state index is -0.308. The lowest BCUT2D eigenvalue weighted by atomic mass is 10.0. The molecule has 0 aliphatic rings. The summed E-state index contributed by atoms with van der Waals surface area (Å²) in [5.74, 6) is -0.308. The highest BCUT2D eigenvalue weighted by Crippen LogP contribution is 2.22. The van der Waals surface area contributed by atoms with Crippen molar-refractivity contribution in [1.29, 1.82) is 0 Å². The predicted molar refractivity (Wildman–Crippen MR) is 65.3 cm³/mol. The molecule has 5 heteroatoms. The lowest BCUT2D eigenvalue weighted by Crippen LogP contribution is -2.14. The van der Waals surface area contributed by atoms with Crippen LogP contribution in [-0.4, -0.2) is 9.78 Å². The van der Waals surface area contributed by atoms with Crippen molar-refractivity contribution in [2.45, 2.75) is 12.5 Å². The molecule has 17 heavy (non-hydrogen) atoms. The van der Waals surface area contributed by atoms with Crippen LogP contribution >= 0.6 is 11.6 Å². The molecule has 2 rings (SSSR count). The smallest absolute Gasteiger partial charge is 0.123 e. The van der Waals surface area contributed by atoms with Crippen molar-refractivity contribution >= 4 is 11.6 Å². The highest BCUT2D eigenvalue weighted by atomic mass is 35.5. The molecule has 0 saturated heterocycles. The minimum absolute atomic E-state index is 0.282.